The average molecular weight is 405 g/mol. The fourth-order valence-electron chi connectivity index (χ4n) is 2.74. The molecule has 1 aliphatic heterocycles. The van der Waals surface area contributed by atoms with Gasteiger partial charge in [-0.2, -0.15) is 13.7 Å². The Hall–Kier alpha value is -1.27. The highest BCUT2D eigenvalue weighted by atomic mass is 32.2. The molecule has 0 spiro atoms. The number of aromatic nitrogens is 2. The lowest BCUT2D eigenvalue weighted by molar-refractivity contribution is 0.273. The van der Waals surface area contributed by atoms with Crippen molar-refractivity contribution < 1.29 is 16.8 Å². The van der Waals surface area contributed by atoms with E-state index in [-0.39, 0.29) is 35.3 Å². The molecule has 1 fully saturated rings. The molecule has 1 aliphatic rings. The van der Waals surface area contributed by atoms with Crippen LogP contribution in [0, 0.1) is 6.92 Å². The molecule has 3 rings (SSSR count). The minimum atomic E-state index is -3.67. The molecule has 25 heavy (non-hydrogen) atoms. The SMILES string of the molecule is CCn1cc(S(=O)(=O)N2CCN(S(=O)(=O)c3cccs3)CC2)c(C)n1. The Labute approximate surface area is 151 Å². The van der Waals surface area contributed by atoms with Gasteiger partial charge in [-0.15, -0.1) is 11.3 Å². The maximum absolute atomic E-state index is 12.8. The number of thiophene rings is 1. The highest BCUT2D eigenvalue weighted by Gasteiger charge is 2.35. The zero-order valence-electron chi connectivity index (χ0n) is 14.0. The predicted molar refractivity (Wildman–Crippen MR) is 94.5 cm³/mol. The van der Waals surface area contributed by atoms with Crippen molar-refractivity contribution in [2.24, 2.45) is 0 Å². The Bertz CT molecular complexity index is 940. The van der Waals surface area contributed by atoms with Gasteiger partial charge in [0.05, 0.1) is 5.69 Å². The van der Waals surface area contributed by atoms with Gasteiger partial charge in [-0.1, -0.05) is 6.07 Å². The molecular formula is C14H20N4O4S3. The van der Waals surface area contributed by atoms with E-state index < -0.39 is 20.0 Å². The van der Waals surface area contributed by atoms with Gasteiger partial charge in [0, 0.05) is 38.9 Å². The molecule has 11 heteroatoms. The summed E-state index contributed by atoms with van der Waals surface area (Å²) in [4.78, 5) is 0.184. The summed E-state index contributed by atoms with van der Waals surface area (Å²) in [6, 6.07) is 3.25. The third-order valence-electron chi connectivity index (χ3n) is 4.13. The molecule has 0 aliphatic carbocycles. The lowest BCUT2D eigenvalue weighted by Crippen LogP contribution is -2.50. The Morgan fingerprint density at radius 3 is 2.16 bits per heavy atom. The van der Waals surface area contributed by atoms with Gasteiger partial charge in [-0.05, 0) is 25.3 Å². The first kappa shape index (κ1) is 18.5. The summed E-state index contributed by atoms with van der Waals surface area (Å²) in [5, 5.41) is 5.89. The zero-order chi connectivity index (χ0) is 18.2. The van der Waals surface area contributed by atoms with Crippen LogP contribution in [0.3, 0.4) is 0 Å². The Morgan fingerprint density at radius 2 is 1.68 bits per heavy atom. The molecule has 0 radical (unpaired) electrons. The Balaban J connectivity index is 1.77. The summed E-state index contributed by atoms with van der Waals surface area (Å²) in [6.07, 6.45) is 1.53. The standard InChI is InChI=1S/C14H20N4O4S3/c1-3-16-11-13(12(2)15-16)24(19,20)17-6-8-18(9-7-17)25(21,22)14-5-4-10-23-14/h4-5,10-11H,3,6-9H2,1-2H3. The van der Waals surface area contributed by atoms with E-state index in [9.17, 15) is 16.8 Å². The third-order valence-corrected chi connectivity index (χ3v) is 9.40. The van der Waals surface area contributed by atoms with Crippen molar-refractivity contribution in [3.05, 3.63) is 29.4 Å². The lowest BCUT2D eigenvalue weighted by Gasteiger charge is -2.32. The molecule has 0 N–H and O–H groups in total. The highest BCUT2D eigenvalue weighted by molar-refractivity contribution is 7.91. The monoisotopic (exact) mass is 404 g/mol. The summed E-state index contributed by atoms with van der Waals surface area (Å²) < 4.78 is 55.2. The molecule has 1 saturated heterocycles. The topological polar surface area (TPSA) is 92.6 Å². The summed E-state index contributed by atoms with van der Waals surface area (Å²) in [7, 11) is -7.22. The van der Waals surface area contributed by atoms with Crippen molar-refractivity contribution in [2.75, 3.05) is 26.2 Å². The lowest BCUT2D eigenvalue weighted by atomic mass is 10.4. The first-order valence-corrected chi connectivity index (χ1v) is 11.6. The number of rotatable bonds is 5. The van der Waals surface area contributed by atoms with Crippen molar-refractivity contribution in [1.82, 2.24) is 18.4 Å². The molecule has 138 valence electrons. The molecule has 0 saturated carbocycles. The smallest absolute Gasteiger partial charge is 0.252 e. The van der Waals surface area contributed by atoms with Crippen LogP contribution >= 0.6 is 11.3 Å². The molecule has 3 heterocycles. The normalized spacial score (nSPS) is 17.8. The van der Waals surface area contributed by atoms with Gasteiger partial charge in [0.1, 0.15) is 9.10 Å². The minimum Gasteiger partial charge on any atom is -0.271 e. The maximum atomic E-state index is 12.8. The first-order valence-electron chi connectivity index (χ1n) is 7.84. The second-order valence-corrected chi connectivity index (χ2v) is 10.7. The van der Waals surface area contributed by atoms with Crippen molar-refractivity contribution >= 4 is 31.4 Å². The summed E-state index contributed by atoms with van der Waals surface area (Å²) in [5.74, 6) is 0. The molecule has 0 unspecified atom stereocenters. The fraction of sp³-hybridized carbons (Fsp3) is 0.500. The van der Waals surface area contributed by atoms with Crippen LogP contribution in [0.4, 0.5) is 0 Å². The van der Waals surface area contributed by atoms with Gasteiger partial charge in [-0.25, -0.2) is 16.8 Å². The van der Waals surface area contributed by atoms with Gasteiger partial charge in [0.25, 0.3) is 10.0 Å². The number of sulfonamides is 2. The Morgan fingerprint density at radius 1 is 1.08 bits per heavy atom. The minimum absolute atomic E-state index is 0.129. The van der Waals surface area contributed by atoms with E-state index in [4.69, 9.17) is 0 Å². The third kappa shape index (κ3) is 3.38. The quantitative estimate of drug-likeness (QED) is 0.740. The van der Waals surface area contributed by atoms with Crippen LogP contribution in [-0.2, 0) is 26.6 Å². The summed E-state index contributed by atoms with van der Waals surface area (Å²) in [5.41, 5.74) is 0.454. The molecule has 8 nitrogen and oxygen atoms in total. The molecule has 2 aromatic rings. The summed E-state index contributed by atoms with van der Waals surface area (Å²) in [6.45, 7) is 4.67. The van der Waals surface area contributed by atoms with Crippen LogP contribution in [0.15, 0.2) is 32.8 Å². The molecular weight excluding hydrogens is 384 g/mol. The number of aryl methyl sites for hydroxylation is 2. The molecule has 0 aromatic carbocycles. The fourth-order valence-corrected chi connectivity index (χ4v) is 6.90. The molecule has 0 amide bonds. The number of hydrogen-bond acceptors (Lipinski definition) is 6. The van der Waals surface area contributed by atoms with E-state index in [1.807, 2.05) is 6.92 Å². The predicted octanol–water partition coefficient (Wildman–Crippen LogP) is 0.968. The van der Waals surface area contributed by atoms with E-state index in [1.54, 1.807) is 29.1 Å². The zero-order valence-corrected chi connectivity index (χ0v) is 16.4. The van der Waals surface area contributed by atoms with E-state index in [2.05, 4.69) is 5.10 Å². The first-order chi connectivity index (χ1) is 11.8. The van der Waals surface area contributed by atoms with Crippen LogP contribution in [-0.4, -0.2) is 61.4 Å². The molecule has 2 aromatic heterocycles. The second kappa shape index (κ2) is 6.80. The highest BCUT2D eigenvalue weighted by Crippen LogP contribution is 2.25. The number of hydrogen-bond donors (Lipinski definition) is 0. The van der Waals surface area contributed by atoms with Crippen LogP contribution in [0.1, 0.15) is 12.6 Å². The largest absolute Gasteiger partial charge is 0.271 e. The Kier molecular flexibility index (Phi) is 5.04. The van der Waals surface area contributed by atoms with Crippen LogP contribution in [0.25, 0.3) is 0 Å². The van der Waals surface area contributed by atoms with E-state index >= 15 is 0 Å². The van der Waals surface area contributed by atoms with Crippen molar-refractivity contribution in [3.63, 3.8) is 0 Å². The van der Waals surface area contributed by atoms with Gasteiger partial charge in [0.2, 0.25) is 10.0 Å². The maximum Gasteiger partial charge on any atom is 0.252 e. The van der Waals surface area contributed by atoms with E-state index in [0.29, 0.717) is 12.2 Å². The van der Waals surface area contributed by atoms with Crippen LogP contribution in [0.2, 0.25) is 0 Å². The molecule has 0 bridgehead atoms. The molecule has 0 atom stereocenters. The number of piperazine rings is 1. The van der Waals surface area contributed by atoms with Gasteiger partial charge >= 0.3 is 0 Å². The van der Waals surface area contributed by atoms with Gasteiger partial charge in [-0.3, -0.25) is 4.68 Å². The number of nitrogens with zero attached hydrogens (tertiary/aromatic N) is 4. The van der Waals surface area contributed by atoms with Gasteiger partial charge in [0.15, 0.2) is 0 Å². The van der Waals surface area contributed by atoms with Crippen molar-refractivity contribution in [2.45, 2.75) is 29.5 Å². The summed E-state index contributed by atoms with van der Waals surface area (Å²) >= 11 is 1.16. The van der Waals surface area contributed by atoms with E-state index in [0.717, 1.165) is 11.3 Å². The van der Waals surface area contributed by atoms with Crippen LogP contribution in [0.5, 0.6) is 0 Å². The van der Waals surface area contributed by atoms with Crippen molar-refractivity contribution in [1.29, 1.82) is 0 Å². The second-order valence-electron chi connectivity index (χ2n) is 5.67. The average Bonchev–Trinajstić information content (AvgIpc) is 3.25. The van der Waals surface area contributed by atoms with Crippen LogP contribution < -0.4 is 0 Å². The van der Waals surface area contributed by atoms with E-state index in [1.165, 1.54) is 14.8 Å². The van der Waals surface area contributed by atoms with Gasteiger partial charge < -0.3 is 0 Å². The van der Waals surface area contributed by atoms with Crippen molar-refractivity contribution in [3.8, 4) is 0 Å².